The fraction of sp³-hybridized carbons (Fsp3) is 0.300. The molecule has 2 N–H and O–H groups in total. The Bertz CT molecular complexity index is 378. The predicted octanol–water partition coefficient (Wildman–Crippen LogP) is 2.25. The van der Waals surface area contributed by atoms with Gasteiger partial charge in [0, 0.05) is 18.1 Å². The Morgan fingerprint density at radius 2 is 2.50 bits per heavy atom. The number of aromatic amines is 1. The first-order valence-electron chi connectivity index (χ1n) is 4.69. The Kier molecular flexibility index (Phi) is 2.96. The molecule has 0 saturated heterocycles. The monoisotopic (exact) mass is 207 g/mol. The first-order chi connectivity index (χ1) is 6.90. The lowest BCUT2D eigenvalue weighted by atomic mass is 10.3. The predicted molar refractivity (Wildman–Crippen MR) is 59.3 cm³/mol. The van der Waals surface area contributed by atoms with Gasteiger partial charge in [-0.2, -0.15) is 0 Å². The van der Waals surface area contributed by atoms with Crippen LogP contribution in [-0.4, -0.2) is 16.5 Å². The lowest BCUT2D eigenvalue weighted by Crippen LogP contribution is -2.11. The van der Waals surface area contributed by atoms with E-state index in [4.69, 9.17) is 0 Å². The van der Waals surface area contributed by atoms with Gasteiger partial charge in [-0.25, -0.2) is 4.98 Å². The van der Waals surface area contributed by atoms with Crippen LogP contribution in [0.25, 0.3) is 11.4 Å². The van der Waals surface area contributed by atoms with Gasteiger partial charge in [0.25, 0.3) is 0 Å². The summed E-state index contributed by atoms with van der Waals surface area (Å²) in [4.78, 5) is 7.66. The van der Waals surface area contributed by atoms with Crippen LogP contribution in [0.2, 0.25) is 0 Å². The number of hydrogen-bond acceptors (Lipinski definition) is 3. The van der Waals surface area contributed by atoms with E-state index >= 15 is 0 Å². The summed E-state index contributed by atoms with van der Waals surface area (Å²) in [7, 11) is 0. The van der Waals surface area contributed by atoms with Crippen LogP contribution in [0.4, 0.5) is 0 Å². The van der Waals surface area contributed by atoms with Crippen molar-refractivity contribution in [2.45, 2.75) is 13.5 Å². The van der Waals surface area contributed by atoms with Crippen molar-refractivity contribution in [2.24, 2.45) is 0 Å². The quantitative estimate of drug-likeness (QED) is 0.807. The maximum atomic E-state index is 4.52. The van der Waals surface area contributed by atoms with Crippen molar-refractivity contribution < 1.29 is 0 Å². The maximum absolute atomic E-state index is 4.52. The molecule has 74 valence electrons. The van der Waals surface area contributed by atoms with E-state index in [-0.39, 0.29) is 0 Å². The van der Waals surface area contributed by atoms with E-state index in [0.29, 0.717) is 0 Å². The van der Waals surface area contributed by atoms with Crippen molar-refractivity contribution in [1.82, 2.24) is 15.3 Å². The number of nitrogens with zero attached hydrogens (tertiary/aromatic N) is 1. The third kappa shape index (κ3) is 2.02. The van der Waals surface area contributed by atoms with Crippen molar-refractivity contribution >= 4 is 11.3 Å². The SMILES string of the molecule is CCNCc1nc(-c2ccc[nH]2)cs1. The summed E-state index contributed by atoms with van der Waals surface area (Å²) in [6.07, 6.45) is 1.92. The van der Waals surface area contributed by atoms with Crippen molar-refractivity contribution in [3.05, 3.63) is 28.7 Å². The highest BCUT2D eigenvalue weighted by atomic mass is 32.1. The van der Waals surface area contributed by atoms with Gasteiger partial charge in [-0.15, -0.1) is 11.3 Å². The zero-order chi connectivity index (χ0) is 9.80. The van der Waals surface area contributed by atoms with Gasteiger partial charge >= 0.3 is 0 Å². The maximum Gasteiger partial charge on any atom is 0.107 e. The van der Waals surface area contributed by atoms with Crippen LogP contribution in [0.15, 0.2) is 23.7 Å². The van der Waals surface area contributed by atoms with Crippen LogP contribution < -0.4 is 5.32 Å². The summed E-state index contributed by atoms with van der Waals surface area (Å²) in [5.41, 5.74) is 2.12. The number of rotatable bonds is 4. The van der Waals surface area contributed by atoms with E-state index < -0.39 is 0 Å². The number of hydrogen-bond donors (Lipinski definition) is 2. The van der Waals surface area contributed by atoms with E-state index in [2.05, 4.69) is 27.6 Å². The second-order valence-corrected chi connectivity index (χ2v) is 3.93. The zero-order valence-corrected chi connectivity index (χ0v) is 8.90. The molecule has 0 atom stereocenters. The van der Waals surface area contributed by atoms with Crippen LogP contribution in [0, 0.1) is 0 Å². The summed E-state index contributed by atoms with van der Waals surface area (Å²) < 4.78 is 0. The highest BCUT2D eigenvalue weighted by Crippen LogP contribution is 2.19. The first-order valence-corrected chi connectivity index (χ1v) is 5.57. The van der Waals surface area contributed by atoms with Gasteiger partial charge in [0.2, 0.25) is 0 Å². The largest absolute Gasteiger partial charge is 0.360 e. The van der Waals surface area contributed by atoms with Crippen LogP contribution in [0.5, 0.6) is 0 Å². The molecule has 0 aliphatic carbocycles. The molecule has 0 saturated carbocycles. The van der Waals surface area contributed by atoms with Crippen molar-refractivity contribution in [2.75, 3.05) is 6.54 Å². The zero-order valence-electron chi connectivity index (χ0n) is 8.08. The minimum atomic E-state index is 0.863. The molecule has 0 aliphatic rings. The van der Waals surface area contributed by atoms with Crippen LogP contribution in [0.3, 0.4) is 0 Å². The fourth-order valence-electron chi connectivity index (χ4n) is 1.24. The molecule has 0 aliphatic heterocycles. The highest BCUT2D eigenvalue weighted by molar-refractivity contribution is 7.09. The van der Waals surface area contributed by atoms with Crippen LogP contribution >= 0.6 is 11.3 Å². The molecule has 0 fully saturated rings. The molecule has 0 unspecified atom stereocenters. The lowest BCUT2D eigenvalue weighted by molar-refractivity contribution is 0.723. The minimum Gasteiger partial charge on any atom is -0.360 e. The molecule has 14 heavy (non-hydrogen) atoms. The summed E-state index contributed by atoms with van der Waals surface area (Å²) in [6.45, 7) is 3.94. The summed E-state index contributed by atoms with van der Waals surface area (Å²) in [5, 5.41) is 6.48. The van der Waals surface area contributed by atoms with E-state index in [0.717, 1.165) is 29.5 Å². The molecule has 0 amide bonds. The molecule has 0 aromatic carbocycles. The van der Waals surface area contributed by atoms with Gasteiger partial charge in [0.05, 0.1) is 11.4 Å². The second kappa shape index (κ2) is 4.39. The molecule has 2 aromatic rings. The summed E-state index contributed by atoms with van der Waals surface area (Å²) in [5.74, 6) is 0. The van der Waals surface area contributed by atoms with Gasteiger partial charge in [0.1, 0.15) is 5.01 Å². The molecule has 4 heteroatoms. The Labute approximate surface area is 87.2 Å². The average Bonchev–Trinajstić information content (AvgIpc) is 2.85. The van der Waals surface area contributed by atoms with Gasteiger partial charge in [0.15, 0.2) is 0 Å². The third-order valence-corrected chi connectivity index (χ3v) is 2.80. The Hall–Kier alpha value is -1.13. The van der Waals surface area contributed by atoms with Gasteiger partial charge in [-0.1, -0.05) is 6.92 Å². The second-order valence-electron chi connectivity index (χ2n) is 2.99. The van der Waals surface area contributed by atoms with Crippen molar-refractivity contribution in [1.29, 1.82) is 0 Å². The highest BCUT2D eigenvalue weighted by Gasteiger charge is 2.03. The Morgan fingerprint density at radius 1 is 1.57 bits per heavy atom. The molecule has 3 nitrogen and oxygen atoms in total. The summed E-state index contributed by atoms with van der Waals surface area (Å²) in [6, 6.07) is 4.02. The molecular formula is C10H13N3S. The van der Waals surface area contributed by atoms with Gasteiger partial charge in [-0.05, 0) is 18.7 Å². The van der Waals surface area contributed by atoms with Gasteiger partial charge < -0.3 is 10.3 Å². The smallest absolute Gasteiger partial charge is 0.107 e. The Morgan fingerprint density at radius 3 is 3.21 bits per heavy atom. The van der Waals surface area contributed by atoms with Crippen LogP contribution in [0.1, 0.15) is 11.9 Å². The molecular weight excluding hydrogens is 194 g/mol. The fourth-order valence-corrected chi connectivity index (χ4v) is 2.00. The minimum absolute atomic E-state index is 0.863. The molecule has 0 spiro atoms. The van der Waals surface area contributed by atoms with E-state index in [1.807, 2.05) is 18.3 Å². The normalized spacial score (nSPS) is 10.6. The van der Waals surface area contributed by atoms with Gasteiger partial charge in [-0.3, -0.25) is 0 Å². The first kappa shape index (κ1) is 9.43. The number of thiazole rings is 1. The molecule has 2 aromatic heterocycles. The molecule has 2 heterocycles. The molecule has 2 rings (SSSR count). The topological polar surface area (TPSA) is 40.7 Å². The van der Waals surface area contributed by atoms with Crippen molar-refractivity contribution in [3.8, 4) is 11.4 Å². The number of H-pyrrole nitrogens is 1. The summed E-state index contributed by atoms with van der Waals surface area (Å²) >= 11 is 1.69. The third-order valence-electron chi connectivity index (χ3n) is 1.95. The van der Waals surface area contributed by atoms with E-state index in [9.17, 15) is 0 Å². The standard InChI is InChI=1S/C10H13N3S/c1-2-11-6-10-13-9(7-14-10)8-4-3-5-12-8/h3-5,7,11-12H,2,6H2,1H3. The molecule has 0 bridgehead atoms. The van der Waals surface area contributed by atoms with E-state index in [1.165, 1.54) is 0 Å². The van der Waals surface area contributed by atoms with E-state index in [1.54, 1.807) is 11.3 Å². The van der Waals surface area contributed by atoms with Crippen LogP contribution in [-0.2, 0) is 6.54 Å². The lowest BCUT2D eigenvalue weighted by Gasteiger charge is -1.95. The number of nitrogens with one attached hydrogen (secondary N) is 2. The average molecular weight is 207 g/mol. The number of aromatic nitrogens is 2. The Balaban J connectivity index is 2.10. The molecule has 0 radical (unpaired) electrons. The van der Waals surface area contributed by atoms with Crippen molar-refractivity contribution in [3.63, 3.8) is 0 Å².